The van der Waals surface area contributed by atoms with Crippen molar-refractivity contribution < 1.29 is 14.3 Å². The molecule has 0 spiro atoms. The second-order valence-corrected chi connectivity index (χ2v) is 7.35. The fraction of sp³-hybridized carbons (Fsp3) is 0.143. The van der Waals surface area contributed by atoms with Gasteiger partial charge in [0, 0.05) is 16.8 Å². The molecule has 2 heterocycles. The first-order chi connectivity index (χ1) is 13.5. The molecule has 7 heteroatoms. The molecule has 28 heavy (non-hydrogen) atoms. The van der Waals surface area contributed by atoms with Gasteiger partial charge in [0.25, 0.3) is 5.91 Å². The average molecular weight is 393 g/mol. The number of para-hydroxylation sites is 1. The van der Waals surface area contributed by atoms with Gasteiger partial charge in [0.2, 0.25) is 0 Å². The van der Waals surface area contributed by atoms with Crippen molar-refractivity contribution in [1.82, 2.24) is 4.98 Å². The normalized spacial score (nSPS) is 11.0. The van der Waals surface area contributed by atoms with Gasteiger partial charge >= 0.3 is 0 Å². The van der Waals surface area contributed by atoms with Crippen molar-refractivity contribution in [3.05, 3.63) is 52.9 Å². The summed E-state index contributed by atoms with van der Waals surface area (Å²) >= 11 is 1.28. The predicted molar refractivity (Wildman–Crippen MR) is 114 cm³/mol. The van der Waals surface area contributed by atoms with Crippen LogP contribution in [0.15, 0.2) is 42.5 Å². The summed E-state index contributed by atoms with van der Waals surface area (Å²) in [6.07, 6.45) is 0. The van der Waals surface area contributed by atoms with Crippen molar-refractivity contribution in [2.75, 3.05) is 25.3 Å². The fourth-order valence-corrected chi connectivity index (χ4v) is 4.10. The number of fused-ring (bicyclic) bond motifs is 2. The molecule has 0 unspecified atom stereocenters. The van der Waals surface area contributed by atoms with Gasteiger partial charge in [-0.05, 0) is 30.7 Å². The lowest BCUT2D eigenvalue weighted by atomic mass is 10.1. The lowest BCUT2D eigenvalue weighted by molar-refractivity contribution is 0.103. The van der Waals surface area contributed by atoms with Gasteiger partial charge in [-0.3, -0.25) is 4.79 Å². The van der Waals surface area contributed by atoms with Gasteiger partial charge in [0.1, 0.15) is 21.2 Å². The molecule has 3 N–H and O–H groups in total. The van der Waals surface area contributed by atoms with E-state index in [4.69, 9.17) is 20.2 Å². The SMILES string of the molecule is COc1ccc(NC(=O)c2sc3nc4c(C)cccc4cc3c2N)c(OC)c1. The number of ether oxygens (including phenoxy) is 2. The number of nitrogen functional groups attached to an aromatic ring is 1. The second kappa shape index (κ2) is 7.01. The summed E-state index contributed by atoms with van der Waals surface area (Å²) in [5.74, 6) is 0.846. The van der Waals surface area contributed by atoms with E-state index in [-0.39, 0.29) is 5.91 Å². The molecule has 0 bridgehead atoms. The zero-order chi connectivity index (χ0) is 19.8. The number of anilines is 2. The van der Waals surface area contributed by atoms with Crippen molar-refractivity contribution in [2.45, 2.75) is 6.92 Å². The number of amides is 1. The quantitative estimate of drug-likeness (QED) is 0.529. The van der Waals surface area contributed by atoms with Crippen LogP contribution in [0, 0.1) is 6.92 Å². The second-order valence-electron chi connectivity index (χ2n) is 6.35. The zero-order valence-electron chi connectivity index (χ0n) is 15.7. The van der Waals surface area contributed by atoms with Crippen molar-refractivity contribution >= 4 is 49.7 Å². The number of thiophene rings is 1. The minimum atomic E-state index is -0.301. The minimum absolute atomic E-state index is 0.301. The summed E-state index contributed by atoms with van der Waals surface area (Å²) in [6, 6.07) is 13.2. The lowest BCUT2D eigenvalue weighted by Crippen LogP contribution is -2.12. The maximum atomic E-state index is 12.9. The number of pyridine rings is 1. The zero-order valence-corrected chi connectivity index (χ0v) is 16.5. The van der Waals surface area contributed by atoms with Gasteiger partial charge in [-0.15, -0.1) is 11.3 Å². The maximum Gasteiger partial charge on any atom is 0.268 e. The number of hydrogen-bond donors (Lipinski definition) is 2. The monoisotopic (exact) mass is 393 g/mol. The highest BCUT2D eigenvalue weighted by molar-refractivity contribution is 7.21. The average Bonchev–Trinajstić information content (AvgIpc) is 3.03. The van der Waals surface area contributed by atoms with Gasteiger partial charge in [0.15, 0.2) is 0 Å². The molecule has 0 saturated heterocycles. The summed E-state index contributed by atoms with van der Waals surface area (Å²) in [7, 11) is 3.11. The molecule has 0 aliphatic rings. The highest BCUT2D eigenvalue weighted by Gasteiger charge is 2.19. The van der Waals surface area contributed by atoms with Crippen LogP contribution in [0.1, 0.15) is 15.2 Å². The first-order valence-corrected chi connectivity index (χ1v) is 9.45. The highest BCUT2D eigenvalue weighted by atomic mass is 32.1. The predicted octanol–water partition coefficient (Wildman–Crippen LogP) is 4.61. The molecule has 0 aliphatic carbocycles. The maximum absolute atomic E-state index is 12.9. The number of aromatic nitrogens is 1. The standard InChI is InChI=1S/C21H19N3O3S/c1-11-5-4-6-12-9-14-17(22)19(28-21(14)24-18(11)12)20(25)23-15-8-7-13(26-2)10-16(15)27-3/h4-10H,22H2,1-3H3,(H,23,25). The summed E-state index contributed by atoms with van der Waals surface area (Å²) in [4.78, 5) is 18.8. The summed E-state index contributed by atoms with van der Waals surface area (Å²) in [5, 5.41) is 4.65. The van der Waals surface area contributed by atoms with Crippen LogP contribution < -0.4 is 20.5 Å². The largest absolute Gasteiger partial charge is 0.497 e. The van der Waals surface area contributed by atoms with E-state index in [2.05, 4.69) is 5.32 Å². The molecule has 2 aromatic carbocycles. The van der Waals surface area contributed by atoms with Crippen molar-refractivity contribution in [1.29, 1.82) is 0 Å². The number of aryl methyl sites for hydroxylation is 1. The van der Waals surface area contributed by atoms with Crippen molar-refractivity contribution in [2.24, 2.45) is 0 Å². The molecule has 0 atom stereocenters. The van der Waals surface area contributed by atoms with Gasteiger partial charge in [-0.25, -0.2) is 4.98 Å². The van der Waals surface area contributed by atoms with Gasteiger partial charge in [-0.2, -0.15) is 0 Å². The number of nitrogens with two attached hydrogens (primary N) is 1. The van der Waals surface area contributed by atoms with Crippen LogP contribution in [0.2, 0.25) is 0 Å². The van der Waals surface area contributed by atoms with E-state index in [0.717, 1.165) is 26.7 Å². The smallest absolute Gasteiger partial charge is 0.268 e. The van der Waals surface area contributed by atoms with Gasteiger partial charge in [-0.1, -0.05) is 18.2 Å². The molecule has 6 nitrogen and oxygen atoms in total. The molecular weight excluding hydrogens is 374 g/mol. The topological polar surface area (TPSA) is 86.5 Å². The summed E-state index contributed by atoms with van der Waals surface area (Å²) in [5.41, 5.74) is 9.27. The molecule has 4 aromatic rings. The van der Waals surface area contributed by atoms with E-state index >= 15 is 0 Å². The molecule has 142 valence electrons. The molecule has 4 rings (SSSR count). The van der Waals surface area contributed by atoms with Crippen LogP contribution in [0.5, 0.6) is 11.5 Å². The first-order valence-electron chi connectivity index (χ1n) is 8.63. The van der Waals surface area contributed by atoms with Crippen LogP contribution in [-0.4, -0.2) is 25.1 Å². The molecule has 0 fully saturated rings. The van der Waals surface area contributed by atoms with Gasteiger partial charge in [0.05, 0.1) is 31.1 Å². The van der Waals surface area contributed by atoms with Crippen molar-refractivity contribution in [3.8, 4) is 11.5 Å². The molecule has 0 aliphatic heterocycles. The number of hydrogen-bond acceptors (Lipinski definition) is 6. The number of carbonyl (C=O) groups is 1. The van der Waals surface area contributed by atoms with E-state index in [1.54, 1.807) is 25.3 Å². The molecule has 2 aromatic heterocycles. The Kier molecular flexibility index (Phi) is 4.52. The van der Waals surface area contributed by atoms with E-state index in [1.165, 1.54) is 18.4 Å². The van der Waals surface area contributed by atoms with Crippen molar-refractivity contribution in [3.63, 3.8) is 0 Å². The Morgan fingerprint density at radius 3 is 2.71 bits per heavy atom. The Bertz CT molecular complexity index is 1220. The lowest BCUT2D eigenvalue weighted by Gasteiger charge is -2.11. The Balaban J connectivity index is 1.74. The van der Waals surface area contributed by atoms with E-state index in [9.17, 15) is 4.79 Å². The fourth-order valence-electron chi connectivity index (χ4n) is 3.12. The van der Waals surface area contributed by atoms with Crippen LogP contribution in [-0.2, 0) is 0 Å². The molecule has 0 radical (unpaired) electrons. The van der Waals surface area contributed by atoms with Crippen LogP contribution >= 0.6 is 11.3 Å². The Morgan fingerprint density at radius 1 is 1.14 bits per heavy atom. The molecule has 0 saturated carbocycles. The van der Waals surface area contributed by atoms with E-state index in [0.29, 0.717) is 27.8 Å². The number of nitrogens with zero attached hydrogens (tertiary/aromatic N) is 1. The van der Waals surface area contributed by atoms with Crippen LogP contribution in [0.3, 0.4) is 0 Å². The molecular formula is C21H19N3O3S. The van der Waals surface area contributed by atoms with Crippen LogP contribution in [0.25, 0.3) is 21.1 Å². The third-order valence-corrected chi connectivity index (χ3v) is 5.72. The summed E-state index contributed by atoms with van der Waals surface area (Å²) < 4.78 is 10.5. The Morgan fingerprint density at radius 2 is 1.96 bits per heavy atom. The van der Waals surface area contributed by atoms with E-state index < -0.39 is 0 Å². The number of carbonyl (C=O) groups excluding carboxylic acids is 1. The Hall–Kier alpha value is -3.32. The first kappa shape index (κ1) is 18.1. The number of benzene rings is 2. The minimum Gasteiger partial charge on any atom is -0.497 e. The number of methoxy groups -OCH3 is 2. The third-order valence-electron chi connectivity index (χ3n) is 4.61. The van der Waals surface area contributed by atoms with Gasteiger partial charge < -0.3 is 20.5 Å². The third kappa shape index (κ3) is 2.99. The molecule has 1 amide bonds. The van der Waals surface area contributed by atoms with E-state index in [1.807, 2.05) is 31.2 Å². The highest BCUT2D eigenvalue weighted by Crippen LogP contribution is 2.36. The number of nitrogens with one attached hydrogen (secondary N) is 1. The summed E-state index contributed by atoms with van der Waals surface area (Å²) in [6.45, 7) is 2.02. The van der Waals surface area contributed by atoms with Crippen LogP contribution in [0.4, 0.5) is 11.4 Å². The Labute approximate surface area is 165 Å². The number of rotatable bonds is 4.